The molecule has 140 valence electrons. The average Bonchev–Trinajstić information content (AvgIpc) is 3.10. The summed E-state index contributed by atoms with van der Waals surface area (Å²) in [5, 5.41) is -0.552. The molecule has 0 aliphatic carbocycles. The maximum atomic E-state index is 12.7. The first-order chi connectivity index (χ1) is 13.0. The van der Waals surface area contributed by atoms with E-state index in [4.69, 9.17) is 11.6 Å². The molecule has 3 nitrogen and oxygen atoms in total. The maximum absolute atomic E-state index is 12.7. The van der Waals surface area contributed by atoms with Gasteiger partial charge in [-0.2, -0.15) is 0 Å². The van der Waals surface area contributed by atoms with Crippen molar-refractivity contribution in [1.29, 1.82) is 0 Å². The maximum Gasteiger partial charge on any atom is 0.240 e. The number of carbonyl (C=O) groups is 1. The minimum Gasteiger partial charge on any atom is -0.345 e. The molecule has 0 fully saturated rings. The highest BCUT2D eigenvalue weighted by atomic mass is 79.9. The normalized spacial score (nSPS) is 12.0. The van der Waals surface area contributed by atoms with E-state index < -0.39 is 5.38 Å². The molecule has 0 aliphatic rings. The summed E-state index contributed by atoms with van der Waals surface area (Å²) in [4.78, 5) is 14.5. The lowest BCUT2D eigenvalue weighted by molar-refractivity contribution is -0.131. The SMILES string of the molecule is CC(Cl)C(=O)N(Cc1ccccc1)Cc1cccn1Cc1ccc(Br)cc1. The summed E-state index contributed by atoms with van der Waals surface area (Å²) in [5.74, 6) is -0.0584. The molecular weight excluding hydrogens is 424 g/mol. The second-order valence-electron chi connectivity index (χ2n) is 6.55. The van der Waals surface area contributed by atoms with E-state index in [2.05, 4.69) is 38.7 Å². The molecule has 0 aliphatic heterocycles. The van der Waals surface area contributed by atoms with Gasteiger partial charge in [0.25, 0.3) is 0 Å². The number of rotatable bonds is 7. The summed E-state index contributed by atoms with van der Waals surface area (Å²) in [5.41, 5.74) is 3.39. The molecule has 0 bridgehead atoms. The van der Waals surface area contributed by atoms with Gasteiger partial charge in [0.15, 0.2) is 0 Å². The van der Waals surface area contributed by atoms with Crippen LogP contribution in [0.5, 0.6) is 0 Å². The summed E-state index contributed by atoms with van der Waals surface area (Å²) >= 11 is 9.58. The molecule has 5 heteroatoms. The van der Waals surface area contributed by atoms with Crippen LogP contribution >= 0.6 is 27.5 Å². The Hall–Kier alpha value is -2.04. The number of carbonyl (C=O) groups excluding carboxylic acids is 1. The van der Waals surface area contributed by atoms with Crippen molar-refractivity contribution in [1.82, 2.24) is 9.47 Å². The van der Waals surface area contributed by atoms with Gasteiger partial charge in [0.1, 0.15) is 5.38 Å². The predicted octanol–water partition coefficient (Wildman–Crippen LogP) is 5.46. The number of hydrogen-bond acceptors (Lipinski definition) is 1. The monoisotopic (exact) mass is 444 g/mol. The van der Waals surface area contributed by atoms with E-state index in [1.54, 1.807) is 6.92 Å². The Labute approximate surface area is 173 Å². The van der Waals surface area contributed by atoms with Gasteiger partial charge in [-0.3, -0.25) is 4.79 Å². The molecule has 2 aromatic carbocycles. The Bertz CT molecular complexity index is 875. The summed E-state index contributed by atoms with van der Waals surface area (Å²) in [7, 11) is 0. The van der Waals surface area contributed by atoms with Gasteiger partial charge in [0.05, 0.1) is 6.54 Å². The van der Waals surface area contributed by atoms with Crippen LogP contribution < -0.4 is 0 Å². The lowest BCUT2D eigenvalue weighted by Gasteiger charge is -2.25. The fourth-order valence-corrected chi connectivity index (χ4v) is 3.40. The van der Waals surface area contributed by atoms with Crippen LogP contribution in [0.15, 0.2) is 77.4 Å². The molecule has 1 aromatic heterocycles. The standard InChI is InChI=1S/C22H22BrClN2O/c1-17(24)22(27)26(15-18-6-3-2-4-7-18)16-21-8-5-13-25(21)14-19-9-11-20(23)12-10-19/h2-13,17H,14-16H2,1H3. The van der Waals surface area contributed by atoms with E-state index in [0.717, 1.165) is 22.3 Å². The summed E-state index contributed by atoms with van der Waals surface area (Å²) in [6.45, 7) is 3.55. The molecule has 0 saturated carbocycles. The first-order valence-electron chi connectivity index (χ1n) is 8.88. The molecule has 3 aromatic rings. The highest BCUT2D eigenvalue weighted by molar-refractivity contribution is 9.10. The van der Waals surface area contributed by atoms with Crippen molar-refractivity contribution in [3.63, 3.8) is 0 Å². The predicted molar refractivity (Wildman–Crippen MR) is 114 cm³/mol. The zero-order valence-corrected chi connectivity index (χ0v) is 17.5. The molecule has 0 spiro atoms. The van der Waals surface area contributed by atoms with Crippen LogP contribution in [-0.2, 0) is 24.4 Å². The van der Waals surface area contributed by atoms with Crippen molar-refractivity contribution < 1.29 is 4.79 Å². The van der Waals surface area contributed by atoms with E-state index in [1.807, 2.05) is 59.6 Å². The van der Waals surface area contributed by atoms with Crippen LogP contribution in [0.2, 0.25) is 0 Å². The van der Waals surface area contributed by atoms with Crippen LogP contribution in [0.4, 0.5) is 0 Å². The number of hydrogen-bond donors (Lipinski definition) is 0. The molecule has 1 heterocycles. The largest absolute Gasteiger partial charge is 0.345 e. The topological polar surface area (TPSA) is 25.2 Å². The number of alkyl halides is 1. The molecular formula is C22H22BrClN2O. The third kappa shape index (κ3) is 5.47. The van der Waals surface area contributed by atoms with Gasteiger partial charge < -0.3 is 9.47 Å². The minimum absolute atomic E-state index is 0.0584. The van der Waals surface area contributed by atoms with E-state index in [-0.39, 0.29) is 5.91 Å². The Morgan fingerprint density at radius 2 is 1.70 bits per heavy atom. The second-order valence-corrected chi connectivity index (χ2v) is 8.12. The third-order valence-electron chi connectivity index (χ3n) is 4.41. The lowest BCUT2D eigenvalue weighted by atomic mass is 10.2. The van der Waals surface area contributed by atoms with Crippen molar-refractivity contribution in [2.45, 2.75) is 31.9 Å². The second kappa shape index (κ2) is 9.25. The molecule has 1 atom stereocenters. The van der Waals surface area contributed by atoms with Gasteiger partial charge in [0.2, 0.25) is 5.91 Å². The summed E-state index contributed by atoms with van der Waals surface area (Å²) < 4.78 is 3.24. The lowest BCUT2D eigenvalue weighted by Crippen LogP contribution is -2.35. The van der Waals surface area contributed by atoms with Crippen LogP contribution in [0, 0.1) is 0 Å². The number of amides is 1. The van der Waals surface area contributed by atoms with Crippen LogP contribution in [0.3, 0.4) is 0 Å². The quantitative estimate of drug-likeness (QED) is 0.444. The summed E-state index contributed by atoms with van der Waals surface area (Å²) in [6.07, 6.45) is 2.05. The Kier molecular flexibility index (Phi) is 6.75. The first-order valence-corrected chi connectivity index (χ1v) is 10.1. The summed E-state index contributed by atoms with van der Waals surface area (Å²) in [6, 6.07) is 22.4. The van der Waals surface area contributed by atoms with Crippen molar-refractivity contribution in [3.8, 4) is 0 Å². The van der Waals surface area contributed by atoms with Crippen molar-refractivity contribution >= 4 is 33.4 Å². The van der Waals surface area contributed by atoms with Crippen LogP contribution in [0.1, 0.15) is 23.7 Å². The fourth-order valence-electron chi connectivity index (χ4n) is 3.00. The highest BCUT2D eigenvalue weighted by Gasteiger charge is 2.20. The fraction of sp³-hybridized carbons (Fsp3) is 0.227. The van der Waals surface area contributed by atoms with Crippen LogP contribution in [0.25, 0.3) is 0 Å². The highest BCUT2D eigenvalue weighted by Crippen LogP contribution is 2.17. The Balaban J connectivity index is 1.78. The van der Waals surface area contributed by atoms with E-state index >= 15 is 0 Å². The molecule has 1 unspecified atom stereocenters. The van der Waals surface area contributed by atoms with Crippen molar-refractivity contribution in [2.24, 2.45) is 0 Å². The Morgan fingerprint density at radius 1 is 1.00 bits per heavy atom. The molecule has 3 rings (SSSR count). The number of aromatic nitrogens is 1. The molecule has 27 heavy (non-hydrogen) atoms. The van der Waals surface area contributed by atoms with Gasteiger partial charge >= 0.3 is 0 Å². The molecule has 0 N–H and O–H groups in total. The number of benzene rings is 2. The van der Waals surface area contributed by atoms with Gasteiger partial charge in [-0.05, 0) is 42.3 Å². The van der Waals surface area contributed by atoms with E-state index in [0.29, 0.717) is 13.1 Å². The van der Waals surface area contributed by atoms with Gasteiger partial charge in [-0.15, -0.1) is 11.6 Å². The number of nitrogens with zero attached hydrogens (tertiary/aromatic N) is 2. The van der Waals surface area contributed by atoms with E-state index in [9.17, 15) is 4.79 Å². The number of halogens is 2. The smallest absolute Gasteiger partial charge is 0.240 e. The third-order valence-corrected chi connectivity index (χ3v) is 5.13. The molecule has 0 saturated heterocycles. The van der Waals surface area contributed by atoms with Gasteiger partial charge in [0, 0.05) is 29.5 Å². The van der Waals surface area contributed by atoms with Gasteiger partial charge in [-0.25, -0.2) is 0 Å². The van der Waals surface area contributed by atoms with E-state index in [1.165, 1.54) is 5.56 Å². The first kappa shape index (κ1) is 19.7. The van der Waals surface area contributed by atoms with Gasteiger partial charge in [-0.1, -0.05) is 58.4 Å². The molecule has 0 radical (unpaired) electrons. The zero-order chi connectivity index (χ0) is 19.2. The Morgan fingerprint density at radius 3 is 2.37 bits per heavy atom. The zero-order valence-electron chi connectivity index (χ0n) is 15.2. The van der Waals surface area contributed by atoms with Crippen LogP contribution in [-0.4, -0.2) is 20.8 Å². The van der Waals surface area contributed by atoms with Crippen molar-refractivity contribution in [3.05, 3.63) is 94.2 Å². The average molecular weight is 446 g/mol. The molecule has 1 amide bonds. The minimum atomic E-state index is -0.552. The van der Waals surface area contributed by atoms with Crippen molar-refractivity contribution in [2.75, 3.05) is 0 Å².